The van der Waals surface area contributed by atoms with Crippen LogP contribution in [0.2, 0.25) is 0 Å². The van der Waals surface area contributed by atoms with Crippen molar-refractivity contribution in [2.45, 2.75) is 19.0 Å². The second-order valence-electron chi connectivity index (χ2n) is 5.95. The smallest absolute Gasteiger partial charge is 0.316 e. The molecule has 0 atom stereocenters. The highest BCUT2D eigenvalue weighted by atomic mass is 32.2. The van der Waals surface area contributed by atoms with Crippen molar-refractivity contribution in [1.29, 1.82) is 0 Å². The summed E-state index contributed by atoms with van der Waals surface area (Å²) in [5, 5.41) is 12.2. The number of tetrazole rings is 1. The van der Waals surface area contributed by atoms with E-state index in [4.69, 9.17) is 9.47 Å². The van der Waals surface area contributed by atoms with E-state index >= 15 is 0 Å². The Hall–Kier alpha value is -2.94. The highest BCUT2D eigenvalue weighted by Gasteiger charge is 2.14. The van der Waals surface area contributed by atoms with Crippen molar-refractivity contribution in [3.05, 3.63) is 59.4 Å². The first-order chi connectivity index (χ1) is 13.5. The summed E-state index contributed by atoms with van der Waals surface area (Å²) < 4.78 is 25.4. The zero-order valence-corrected chi connectivity index (χ0v) is 16.3. The van der Waals surface area contributed by atoms with Crippen molar-refractivity contribution >= 4 is 17.7 Å². The average Bonchev–Trinajstić information content (AvgIpc) is 3.15. The number of para-hydroxylation sites is 1. The zero-order valence-electron chi connectivity index (χ0n) is 15.5. The van der Waals surface area contributed by atoms with Crippen LogP contribution in [0, 0.1) is 19.7 Å². The molecule has 1 aromatic heterocycles. The third kappa shape index (κ3) is 5.07. The van der Waals surface area contributed by atoms with Gasteiger partial charge in [-0.2, -0.15) is 4.68 Å². The van der Waals surface area contributed by atoms with Gasteiger partial charge in [0.15, 0.2) is 11.6 Å². The summed E-state index contributed by atoms with van der Waals surface area (Å²) in [6.45, 7) is 4.04. The molecule has 3 rings (SSSR count). The lowest BCUT2D eigenvalue weighted by molar-refractivity contribution is -0.141. The molecule has 0 unspecified atom stereocenters. The lowest BCUT2D eigenvalue weighted by atomic mass is 10.1. The van der Waals surface area contributed by atoms with Crippen molar-refractivity contribution in [3.63, 3.8) is 0 Å². The molecule has 0 bridgehead atoms. The number of thioether (sulfide) groups is 1. The average molecular weight is 402 g/mol. The summed E-state index contributed by atoms with van der Waals surface area (Å²) in [5.74, 6) is -0.716. The summed E-state index contributed by atoms with van der Waals surface area (Å²) >= 11 is 1.18. The first-order valence-corrected chi connectivity index (χ1v) is 9.55. The molecular weight excluding hydrogens is 383 g/mol. The largest absolute Gasteiger partial charge is 0.487 e. The molecule has 0 aliphatic carbocycles. The molecule has 0 N–H and O–H groups in total. The standard InChI is InChI=1S/C19H19FN4O3S/c1-13-7-8-14(2)16(11-13)24-19(21-22-23-24)28-12-18(25)27-10-9-26-17-6-4-3-5-15(17)20/h3-8,11H,9-10,12H2,1-2H3. The van der Waals surface area contributed by atoms with Crippen LogP contribution in [-0.2, 0) is 9.53 Å². The number of hydrogen-bond acceptors (Lipinski definition) is 7. The van der Waals surface area contributed by atoms with E-state index in [9.17, 15) is 9.18 Å². The molecule has 0 saturated carbocycles. The van der Waals surface area contributed by atoms with Crippen molar-refractivity contribution in [2.75, 3.05) is 19.0 Å². The number of nitrogens with zero attached hydrogens (tertiary/aromatic N) is 4. The Balaban J connectivity index is 1.48. The molecule has 7 nitrogen and oxygen atoms in total. The van der Waals surface area contributed by atoms with Crippen LogP contribution >= 0.6 is 11.8 Å². The van der Waals surface area contributed by atoms with E-state index in [0.29, 0.717) is 5.16 Å². The lowest BCUT2D eigenvalue weighted by Gasteiger charge is -2.09. The fraction of sp³-hybridized carbons (Fsp3) is 0.263. The van der Waals surface area contributed by atoms with Crippen LogP contribution < -0.4 is 4.74 Å². The third-order valence-electron chi connectivity index (χ3n) is 3.79. The van der Waals surface area contributed by atoms with E-state index < -0.39 is 11.8 Å². The normalized spacial score (nSPS) is 10.7. The van der Waals surface area contributed by atoms with Gasteiger partial charge < -0.3 is 9.47 Å². The number of aromatic nitrogens is 4. The first kappa shape index (κ1) is 19.8. The SMILES string of the molecule is Cc1ccc(C)c(-n2nnnc2SCC(=O)OCCOc2ccccc2F)c1. The van der Waals surface area contributed by atoms with Gasteiger partial charge in [-0.1, -0.05) is 36.0 Å². The van der Waals surface area contributed by atoms with Crippen molar-refractivity contribution in [1.82, 2.24) is 20.2 Å². The van der Waals surface area contributed by atoms with E-state index in [2.05, 4.69) is 15.5 Å². The maximum atomic E-state index is 13.4. The molecule has 0 fully saturated rings. The van der Waals surface area contributed by atoms with Gasteiger partial charge >= 0.3 is 5.97 Å². The van der Waals surface area contributed by atoms with Crippen LogP contribution in [0.15, 0.2) is 47.6 Å². The van der Waals surface area contributed by atoms with Gasteiger partial charge in [0.1, 0.15) is 13.2 Å². The number of carbonyl (C=O) groups excluding carboxylic acids is 1. The number of ether oxygens (including phenoxy) is 2. The Labute approximate surface area is 165 Å². The van der Waals surface area contributed by atoms with E-state index in [0.717, 1.165) is 16.8 Å². The number of hydrogen-bond donors (Lipinski definition) is 0. The second kappa shape index (κ2) is 9.32. The van der Waals surface area contributed by atoms with Crippen LogP contribution in [0.25, 0.3) is 5.69 Å². The Bertz CT molecular complexity index is 964. The zero-order chi connectivity index (χ0) is 19.9. The van der Waals surface area contributed by atoms with Crippen molar-refractivity contribution < 1.29 is 18.7 Å². The minimum absolute atomic E-state index is 0.0235. The van der Waals surface area contributed by atoms with Crippen LogP contribution in [0.4, 0.5) is 4.39 Å². The van der Waals surface area contributed by atoms with Crippen LogP contribution in [-0.4, -0.2) is 45.1 Å². The van der Waals surface area contributed by atoms with Gasteiger partial charge in [0.2, 0.25) is 5.16 Å². The molecule has 0 radical (unpaired) electrons. The molecule has 2 aromatic carbocycles. The topological polar surface area (TPSA) is 79.1 Å². The van der Waals surface area contributed by atoms with Crippen LogP contribution in [0.1, 0.15) is 11.1 Å². The van der Waals surface area contributed by atoms with Gasteiger partial charge in [0, 0.05) is 0 Å². The van der Waals surface area contributed by atoms with E-state index in [1.165, 1.54) is 23.9 Å². The number of benzene rings is 2. The first-order valence-electron chi connectivity index (χ1n) is 8.56. The van der Waals surface area contributed by atoms with Gasteiger partial charge in [-0.15, -0.1) is 5.10 Å². The molecular formula is C19H19FN4O3S. The minimum Gasteiger partial charge on any atom is -0.487 e. The fourth-order valence-corrected chi connectivity index (χ4v) is 3.08. The number of aryl methyl sites for hydroxylation is 2. The second-order valence-corrected chi connectivity index (χ2v) is 6.89. The van der Waals surface area contributed by atoms with Gasteiger partial charge in [-0.05, 0) is 53.6 Å². The summed E-state index contributed by atoms with van der Waals surface area (Å²) in [4.78, 5) is 11.9. The highest BCUT2D eigenvalue weighted by molar-refractivity contribution is 7.99. The molecule has 146 valence electrons. The summed E-state index contributed by atoms with van der Waals surface area (Å²) in [6.07, 6.45) is 0. The molecule has 3 aromatic rings. The molecule has 28 heavy (non-hydrogen) atoms. The molecule has 0 aliphatic rings. The predicted octanol–water partition coefficient (Wildman–Crippen LogP) is 3.13. The Morgan fingerprint density at radius 1 is 1.18 bits per heavy atom. The Kier molecular flexibility index (Phi) is 6.59. The molecule has 9 heteroatoms. The molecule has 0 spiro atoms. The van der Waals surface area contributed by atoms with Crippen molar-refractivity contribution in [2.24, 2.45) is 0 Å². The van der Waals surface area contributed by atoms with Gasteiger partial charge in [0.25, 0.3) is 0 Å². The number of carbonyl (C=O) groups is 1. The molecule has 1 heterocycles. The van der Waals surface area contributed by atoms with Gasteiger partial charge in [0.05, 0.1) is 11.4 Å². The maximum Gasteiger partial charge on any atom is 0.316 e. The summed E-state index contributed by atoms with van der Waals surface area (Å²) in [5.41, 5.74) is 2.97. The predicted molar refractivity (Wildman–Crippen MR) is 102 cm³/mol. The monoisotopic (exact) mass is 402 g/mol. The Morgan fingerprint density at radius 3 is 2.82 bits per heavy atom. The van der Waals surface area contributed by atoms with Gasteiger partial charge in [-0.3, -0.25) is 4.79 Å². The minimum atomic E-state index is -0.456. The molecule has 0 aliphatic heterocycles. The van der Waals surface area contributed by atoms with Crippen molar-refractivity contribution in [3.8, 4) is 11.4 Å². The summed E-state index contributed by atoms with van der Waals surface area (Å²) in [6, 6.07) is 12.0. The fourth-order valence-electron chi connectivity index (χ4n) is 2.40. The van der Waals surface area contributed by atoms with Crippen LogP contribution in [0.3, 0.4) is 0 Å². The van der Waals surface area contributed by atoms with E-state index in [-0.39, 0.29) is 24.7 Å². The summed E-state index contributed by atoms with van der Waals surface area (Å²) in [7, 11) is 0. The number of rotatable bonds is 8. The van der Waals surface area contributed by atoms with Gasteiger partial charge in [-0.25, -0.2) is 4.39 Å². The number of halogens is 1. The Morgan fingerprint density at radius 2 is 2.00 bits per heavy atom. The van der Waals surface area contributed by atoms with E-state index in [1.54, 1.807) is 16.8 Å². The maximum absolute atomic E-state index is 13.4. The van der Waals surface area contributed by atoms with Crippen LogP contribution in [0.5, 0.6) is 5.75 Å². The lowest BCUT2D eigenvalue weighted by Crippen LogP contribution is -2.14. The van der Waals surface area contributed by atoms with E-state index in [1.807, 2.05) is 32.0 Å². The quantitative estimate of drug-likeness (QED) is 0.325. The molecule has 0 amide bonds. The highest BCUT2D eigenvalue weighted by Crippen LogP contribution is 2.21. The third-order valence-corrected chi connectivity index (χ3v) is 4.69. The number of esters is 1. The molecule has 0 saturated heterocycles.